The Bertz CT molecular complexity index is 1090. The summed E-state index contributed by atoms with van der Waals surface area (Å²) in [4.78, 5) is 16.1. The van der Waals surface area contributed by atoms with Crippen LogP contribution >= 0.6 is 0 Å². The summed E-state index contributed by atoms with van der Waals surface area (Å²) in [5.41, 5.74) is 2.61. The maximum atomic E-state index is 12.2. The summed E-state index contributed by atoms with van der Waals surface area (Å²) in [5, 5.41) is 11.0. The Kier molecular flexibility index (Phi) is 4.79. The van der Waals surface area contributed by atoms with Crippen molar-refractivity contribution in [1.82, 2.24) is 15.2 Å². The van der Waals surface area contributed by atoms with Gasteiger partial charge in [0.15, 0.2) is 0 Å². The Morgan fingerprint density at radius 2 is 1.75 bits per heavy atom. The van der Waals surface area contributed by atoms with Gasteiger partial charge in [-0.25, -0.2) is 0 Å². The van der Waals surface area contributed by atoms with E-state index < -0.39 is 0 Å². The number of hydrogen-bond acceptors (Lipinski definition) is 6. The zero-order valence-electron chi connectivity index (χ0n) is 15.0. The lowest BCUT2D eigenvalue weighted by atomic mass is 10.2. The van der Waals surface area contributed by atoms with E-state index in [4.69, 9.17) is 9.15 Å². The lowest BCUT2D eigenvalue weighted by molar-refractivity contribution is 0.102. The van der Waals surface area contributed by atoms with Gasteiger partial charge in [0, 0.05) is 23.6 Å². The smallest absolute Gasteiger partial charge is 0.257 e. The van der Waals surface area contributed by atoms with E-state index in [0.717, 1.165) is 11.1 Å². The highest BCUT2D eigenvalue weighted by Crippen LogP contribution is 2.30. The van der Waals surface area contributed by atoms with Crippen LogP contribution in [0.25, 0.3) is 22.9 Å². The first-order chi connectivity index (χ1) is 13.7. The summed E-state index contributed by atoms with van der Waals surface area (Å²) in [6.07, 6.45) is 3.14. The molecule has 2 aromatic heterocycles. The summed E-state index contributed by atoms with van der Waals surface area (Å²) in [5.74, 6) is 1.19. The van der Waals surface area contributed by atoms with Crippen LogP contribution in [0.3, 0.4) is 0 Å². The average molecular weight is 372 g/mol. The number of methoxy groups -OCH3 is 1. The Labute approximate surface area is 161 Å². The van der Waals surface area contributed by atoms with Gasteiger partial charge in [0.1, 0.15) is 5.75 Å². The van der Waals surface area contributed by atoms with Gasteiger partial charge in [-0.2, -0.15) is 0 Å². The van der Waals surface area contributed by atoms with Crippen molar-refractivity contribution in [2.75, 3.05) is 12.4 Å². The van der Waals surface area contributed by atoms with Gasteiger partial charge >= 0.3 is 0 Å². The molecule has 0 spiro atoms. The summed E-state index contributed by atoms with van der Waals surface area (Å²) in [6.45, 7) is 0. The number of rotatable bonds is 5. The van der Waals surface area contributed by atoms with Crippen molar-refractivity contribution in [2.45, 2.75) is 0 Å². The van der Waals surface area contributed by atoms with Crippen molar-refractivity contribution < 1.29 is 13.9 Å². The largest absolute Gasteiger partial charge is 0.496 e. The molecule has 1 N–H and O–H groups in total. The number of ether oxygens (including phenoxy) is 1. The average Bonchev–Trinajstić information content (AvgIpc) is 3.25. The number of benzene rings is 2. The van der Waals surface area contributed by atoms with E-state index in [1.54, 1.807) is 49.7 Å². The topological polar surface area (TPSA) is 90.1 Å². The van der Waals surface area contributed by atoms with Crippen LogP contribution in [0.15, 0.2) is 77.5 Å². The number of carbonyl (C=O) groups is 1. The second-order valence-electron chi connectivity index (χ2n) is 5.89. The molecule has 0 fully saturated rings. The monoisotopic (exact) mass is 372 g/mol. The number of amides is 1. The first kappa shape index (κ1) is 17.4. The van der Waals surface area contributed by atoms with E-state index in [2.05, 4.69) is 20.5 Å². The Morgan fingerprint density at radius 3 is 2.50 bits per heavy atom. The molecule has 2 aromatic carbocycles. The van der Waals surface area contributed by atoms with Crippen LogP contribution < -0.4 is 10.1 Å². The zero-order valence-corrected chi connectivity index (χ0v) is 15.0. The SMILES string of the molecule is COc1ccccc1-c1nnc(-c2ccc(NC(=O)c3cccnc3)cc2)o1. The lowest BCUT2D eigenvalue weighted by Crippen LogP contribution is -2.11. The molecule has 1 amide bonds. The van der Waals surface area contributed by atoms with Crippen molar-refractivity contribution >= 4 is 11.6 Å². The third kappa shape index (κ3) is 3.59. The maximum Gasteiger partial charge on any atom is 0.257 e. The Morgan fingerprint density at radius 1 is 0.964 bits per heavy atom. The molecule has 0 unspecified atom stereocenters. The van der Waals surface area contributed by atoms with Gasteiger partial charge < -0.3 is 14.5 Å². The first-order valence-electron chi connectivity index (χ1n) is 8.53. The van der Waals surface area contributed by atoms with Gasteiger partial charge in [0.25, 0.3) is 11.8 Å². The number of nitrogens with zero attached hydrogens (tertiary/aromatic N) is 3. The number of anilines is 1. The van der Waals surface area contributed by atoms with E-state index in [9.17, 15) is 4.79 Å². The van der Waals surface area contributed by atoms with Crippen molar-refractivity contribution in [3.63, 3.8) is 0 Å². The lowest BCUT2D eigenvalue weighted by Gasteiger charge is -2.05. The maximum absolute atomic E-state index is 12.2. The van der Waals surface area contributed by atoms with Gasteiger partial charge in [0.05, 0.1) is 18.2 Å². The third-order valence-electron chi connectivity index (χ3n) is 4.08. The minimum absolute atomic E-state index is 0.225. The third-order valence-corrected chi connectivity index (χ3v) is 4.08. The molecule has 2 heterocycles. The van der Waals surface area contributed by atoms with Crippen LogP contribution in [0.4, 0.5) is 5.69 Å². The standard InChI is InChI=1S/C21H16N4O3/c1-27-18-7-3-2-6-17(18)21-25-24-20(28-21)14-8-10-16(11-9-14)23-19(26)15-5-4-12-22-13-15/h2-13H,1H3,(H,23,26). The molecule has 0 aliphatic rings. The Balaban J connectivity index is 1.52. The highest BCUT2D eigenvalue weighted by molar-refractivity contribution is 6.04. The highest BCUT2D eigenvalue weighted by Gasteiger charge is 2.14. The molecule has 7 heteroatoms. The minimum atomic E-state index is -0.225. The number of aromatic nitrogens is 3. The molecule has 4 rings (SSSR count). The second-order valence-corrected chi connectivity index (χ2v) is 5.89. The van der Waals surface area contributed by atoms with Crippen LogP contribution in [0.5, 0.6) is 5.75 Å². The molecule has 0 saturated heterocycles. The predicted octanol–water partition coefficient (Wildman–Crippen LogP) is 4.06. The fourth-order valence-corrected chi connectivity index (χ4v) is 2.67. The van der Waals surface area contributed by atoms with Crippen molar-refractivity contribution in [1.29, 1.82) is 0 Å². The number of carbonyl (C=O) groups excluding carboxylic acids is 1. The predicted molar refractivity (Wildman–Crippen MR) is 104 cm³/mol. The van der Waals surface area contributed by atoms with Crippen molar-refractivity contribution in [3.05, 3.63) is 78.6 Å². The highest BCUT2D eigenvalue weighted by atomic mass is 16.5. The molecular weight excluding hydrogens is 356 g/mol. The minimum Gasteiger partial charge on any atom is -0.496 e. The van der Waals surface area contributed by atoms with E-state index >= 15 is 0 Å². The molecular formula is C21H16N4O3. The fraction of sp³-hybridized carbons (Fsp3) is 0.0476. The fourth-order valence-electron chi connectivity index (χ4n) is 2.67. The van der Waals surface area contributed by atoms with Gasteiger partial charge in [0.2, 0.25) is 5.89 Å². The summed E-state index contributed by atoms with van der Waals surface area (Å²) in [6, 6.07) is 18.0. The summed E-state index contributed by atoms with van der Waals surface area (Å²) < 4.78 is 11.1. The molecule has 4 aromatic rings. The van der Waals surface area contributed by atoms with Crippen molar-refractivity contribution in [3.8, 4) is 28.7 Å². The molecule has 0 aliphatic heterocycles. The molecule has 138 valence electrons. The molecule has 0 bridgehead atoms. The molecule has 7 nitrogen and oxygen atoms in total. The molecule has 0 atom stereocenters. The zero-order chi connectivity index (χ0) is 19.3. The van der Waals surface area contributed by atoms with E-state index in [-0.39, 0.29) is 5.91 Å². The van der Waals surface area contributed by atoms with E-state index in [1.165, 1.54) is 6.20 Å². The number of pyridine rings is 1. The number of para-hydroxylation sites is 1. The quantitative estimate of drug-likeness (QED) is 0.568. The molecule has 0 aliphatic carbocycles. The van der Waals surface area contributed by atoms with Gasteiger partial charge in [-0.05, 0) is 48.5 Å². The molecule has 0 radical (unpaired) electrons. The first-order valence-corrected chi connectivity index (χ1v) is 8.53. The summed E-state index contributed by atoms with van der Waals surface area (Å²) in [7, 11) is 1.59. The second kappa shape index (κ2) is 7.71. The number of hydrogen-bond donors (Lipinski definition) is 1. The van der Waals surface area contributed by atoms with Gasteiger partial charge in [-0.1, -0.05) is 12.1 Å². The number of nitrogens with one attached hydrogen (secondary N) is 1. The Hall–Kier alpha value is -4.00. The van der Waals surface area contributed by atoms with Crippen LogP contribution in [0.1, 0.15) is 10.4 Å². The van der Waals surface area contributed by atoms with E-state index in [1.807, 2.05) is 24.3 Å². The normalized spacial score (nSPS) is 10.5. The van der Waals surface area contributed by atoms with Crippen LogP contribution in [0.2, 0.25) is 0 Å². The van der Waals surface area contributed by atoms with Crippen LogP contribution in [-0.4, -0.2) is 28.2 Å². The molecule has 0 saturated carbocycles. The molecule has 28 heavy (non-hydrogen) atoms. The van der Waals surface area contributed by atoms with Gasteiger partial charge in [-0.15, -0.1) is 10.2 Å². The van der Waals surface area contributed by atoms with Crippen molar-refractivity contribution in [2.24, 2.45) is 0 Å². The summed E-state index contributed by atoms with van der Waals surface area (Å²) >= 11 is 0. The van der Waals surface area contributed by atoms with Crippen LogP contribution in [0, 0.1) is 0 Å². The van der Waals surface area contributed by atoms with Gasteiger partial charge in [-0.3, -0.25) is 9.78 Å². The van der Waals surface area contributed by atoms with E-state index in [0.29, 0.717) is 28.8 Å². The van der Waals surface area contributed by atoms with Crippen LogP contribution in [-0.2, 0) is 0 Å².